The zero-order chi connectivity index (χ0) is 43.7. The Balaban J connectivity index is 1.91. The Morgan fingerprint density at radius 2 is 1.55 bits per heavy atom. The van der Waals surface area contributed by atoms with Gasteiger partial charge in [-0.1, -0.05) is 20.8 Å². The smallest absolute Gasteiger partial charge is 0.311 e. The molecule has 0 amide bonds. The number of cyclic esters (lactones) is 1. The van der Waals surface area contributed by atoms with E-state index in [0.29, 0.717) is 19.4 Å². The summed E-state index contributed by atoms with van der Waals surface area (Å²) in [6, 6.07) is 0.0288. The van der Waals surface area contributed by atoms with Gasteiger partial charge in [-0.3, -0.25) is 9.59 Å². The van der Waals surface area contributed by atoms with E-state index in [2.05, 4.69) is 38.4 Å². The molecular weight excluding hydrogens is 767 g/mol. The highest BCUT2D eigenvalue weighted by atomic mass is 28.4. The average Bonchev–Trinajstić information content (AvgIpc) is 3.40. The molecule has 3 saturated heterocycles. The Kier molecular flexibility index (Phi) is 16.2. The summed E-state index contributed by atoms with van der Waals surface area (Å²) >= 11 is 0. The van der Waals surface area contributed by atoms with E-state index in [1.165, 1.54) is 6.92 Å². The summed E-state index contributed by atoms with van der Waals surface area (Å²) in [5, 5.41) is 0. The summed E-state index contributed by atoms with van der Waals surface area (Å²) in [4.78, 5) is 29.0. The number of fused-ring (bicyclic) bond motifs is 2. The minimum absolute atomic E-state index is 0.0288. The van der Waals surface area contributed by atoms with Gasteiger partial charge in [-0.2, -0.15) is 0 Å². The van der Waals surface area contributed by atoms with Gasteiger partial charge in [-0.05, 0) is 93.7 Å². The second-order valence-corrected chi connectivity index (χ2v) is 23.4. The first-order chi connectivity index (χ1) is 26.9. The van der Waals surface area contributed by atoms with Crippen molar-refractivity contribution in [1.82, 2.24) is 4.90 Å². The van der Waals surface area contributed by atoms with Crippen molar-refractivity contribution in [3.63, 3.8) is 0 Å². The first-order valence-electron chi connectivity index (χ1n) is 21.2. The molecule has 4 heterocycles. The molecular formula is C43H77NO13Si. The van der Waals surface area contributed by atoms with Crippen LogP contribution < -0.4 is 0 Å². The fraction of sp³-hybridized carbons (Fsp3) is 0.907. The van der Waals surface area contributed by atoms with Crippen LogP contribution in [0.25, 0.3) is 0 Å². The fourth-order valence-corrected chi connectivity index (χ4v) is 11.1. The van der Waals surface area contributed by atoms with Gasteiger partial charge in [0.05, 0.1) is 42.5 Å². The van der Waals surface area contributed by atoms with Gasteiger partial charge in [0.15, 0.2) is 32.6 Å². The molecule has 0 N–H and O–H groups in total. The quantitative estimate of drug-likeness (QED) is 0.162. The second-order valence-electron chi connectivity index (χ2n) is 19.0. The van der Waals surface area contributed by atoms with Crippen LogP contribution in [0.5, 0.6) is 0 Å². The van der Waals surface area contributed by atoms with E-state index in [4.69, 9.17) is 51.8 Å². The van der Waals surface area contributed by atoms with E-state index in [1.54, 1.807) is 21.3 Å². The van der Waals surface area contributed by atoms with Crippen LogP contribution in [-0.2, 0) is 61.4 Å². The highest BCUT2D eigenvalue weighted by Crippen LogP contribution is 2.49. The van der Waals surface area contributed by atoms with E-state index < -0.39 is 98.1 Å². The lowest BCUT2D eigenvalue weighted by Crippen LogP contribution is -2.61. The van der Waals surface area contributed by atoms with E-state index in [9.17, 15) is 9.59 Å². The van der Waals surface area contributed by atoms with Gasteiger partial charge < -0.3 is 56.7 Å². The maximum atomic E-state index is 14.8. The third-order valence-corrected chi connectivity index (χ3v) is 14.0. The maximum Gasteiger partial charge on any atom is 0.311 e. The van der Waals surface area contributed by atoms with Crippen LogP contribution in [0.1, 0.15) is 94.9 Å². The second kappa shape index (κ2) is 19.2. The summed E-state index contributed by atoms with van der Waals surface area (Å²) in [7, 11) is 6.87. The van der Waals surface area contributed by atoms with Crippen molar-refractivity contribution < 1.29 is 61.4 Å². The highest BCUT2D eigenvalue weighted by Gasteiger charge is 2.59. The van der Waals surface area contributed by atoms with Crippen molar-refractivity contribution in [3.8, 4) is 0 Å². The summed E-state index contributed by atoms with van der Waals surface area (Å²) in [6.07, 6.45) is -4.00. The highest BCUT2D eigenvalue weighted by molar-refractivity contribution is 6.69. The Hall–Kier alpha value is -1.66. The van der Waals surface area contributed by atoms with Crippen LogP contribution in [0.4, 0.5) is 0 Å². The third kappa shape index (κ3) is 10.3. The molecule has 4 rings (SSSR count). The topological polar surface area (TPSA) is 139 Å². The lowest BCUT2D eigenvalue weighted by atomic mass is 9.77. The van der Waals surface area contributed by atoms with Crippen LogP contribution in [0.15, 0.2) is 11.3 Å². The average molecular weight is 844 g/mol. The molecule has 16 atom stereocenters. The molecule has 4 aliphatic rings. The first-order valence-corrected chi connectivity index (χ1v) is 24.6. The zero-order valence-corrected chi connectivity index (χ0v) is 39.8. The molecule has 58 heavy (non-hydrogen) atoms. The Morgan fingerprint density at radius 1 is 0.914 bits per heavy atom. The van der Waals surface area contributed by atoms with E-state index >= 15 is 0 Å². The number of hydrogen-bond acceptors (Lipinski definition) is 14. The van der Waals surface area contributed by atoms with Crippen molar-refractivity contribution in [3.05, 3.63) is 11.3 Å². The summed E-state index contributed by atoms with van der Waals surface area (Å²) in [5.74, 6) is -1.57. The van der Waals surface area contributed by atoms with Crippen molar-refractivity contribution in [2.75, 3.05) is 42.0 Å². The molecule has 0 aromatic rings. The molecule has 4 aliphatic heterocycles. The van der Waals surface area contributed by atoms with Crippen molar-refractivity contribution in [2.24, 2.45) is 17.8 Å². The van der Waals surface area contributed by atoms with Crippen LogP contribution in [0, 0.1) is 17.8 Å². The number of likely N-dealkylation sites (N-methyl/N-ethyl adjacent to an activating group) is 1. The Labute approximate surface area is 349 Å². The predicted octanol–water partition coefficient (Wildman–Crippen LogP) is 6.24. The standard InChI is InChI=1S/C43H77NO13Si/c1-19-31-43(10)37(57-58(16,17)18)25(3)33(56-43)24(2)22-41(8,48-14)36(55-40-35(47-13)30(44(11)12)20-21-50-40)26(4)34(27(5)39(46)53-31)54-32-23-42(9,49-15)38(28(6)51-32)52-29(7)45/h25-28,30-32,34-38,40H,19-23H2,1-18H3/t25-,26-,27+,28-,30-,31+,32?,34-,35+,36+,37+,38-,40-,41+,42+,43?/m0/s1. The molecule has 0 aromatic heterocycles. The molecule has 14 nitrogen and oxygen atoms in total. The molecule has 3 fully saturated rings. The van der Waals surface area contributed by atoms with E-state index in [0.717, 1.165) is 17.8 Å². The number of ether oxygens (including phenoxy) is 10. The maximum absolute atomic E-state index is 14.8. The molecule has 0 aromatic carbocycles. The Bertz CT molecular complexity index is 1440. The number of methoxy groups -OCH3 is 3. The molecule has 0 spiro atoms. The molecule has 15 heteroatoms. The van der Waals surface area contributed by atoms with E-state index in [1.807, 2.05) is 62.6 Å². The van der Waals surface area contributed by atoms with Gasteiger partial charge >= 0.3 is 11.9 Å². The fourth-order valence-electron chi connectivity index (χ4n) is 9.91. The number of hydrogen-bond donors (Lipinski definition) is 0. The molecule has 0 aliphatic carbocycles. The summed E-state index contributed by atoms with van der Waals surface area (Å²) in [5.41, 5.74) is -1.96. The van der Waals surface area contributed by atoms with E-state index in [-0.39, 0.29) is 24.5 Å². The normalized spacial score (nSPS) is 43.2. The molecule has 0 saturated carbocycles. The number of carbonyl (C=O) groups excluding carboxylic acids is 2. The van der Waals surface area contributed by atoms with Crippen LogP contribution in [-0.4, -0.2) is 145 Å². The minimum Gasteiger partial charge on any atom is -0.485 e. The van der Waals surface area contributed by atoms with Gasteiger partial charge in [0, 0.05) is 59.0 Å². The molecule has 336 valence electrons. The van der Waals surface area contributed by atoms with Crippen LogP contribution in [0.3, 0.4) is 0 Å². The predicted molar refractivity (Wildman–Crippen MR) is 220 cm³/mol. The molecule has 0 radical (unpaired) electrons. The molecule has 2 bridgehead atoms. The first kappa shape index (κ1) is 49.0. The lowest BCUT2D eigenvalue weighted by molar-refractivity contribution is -0.315. The molecule has 2 unspecified atom stereocenters. The van der Waals surface area contributed by atoms with Gasteiger partial charge in [-0.15, -0.1) is 0 Å². The third-order valence-electron chi connectivity index (χ3n) is 13.1. The van der Waals surface area contributed by atoms with Crippen LogP contribution >= 0.6 is 0 Å². The largest absolute Gasteiger partial charge is 0.485 e. The number of carbonyl (C=O) groups is 2. The van der Waals surface area contributed by atoms with Crippen LogP contribution in [0.2, 0.25) is 19.6 Å². The monoisotopic (exact) mass is 844 g/mol. The SMILES string of the molecule is CC[C@H]1OC(=O)[C@H](C)[C@@H](OC2C[C@@](C)(OC)[C@@H](OC(C)=O)[C@H](C)O2)[C@H](C)[C@@H](O[C@@H]2OCC[C@H](N(C)C)[C@H]2OC)[C@](C)(OC)CC(C)=C2OC1(C)[C@H](O[Si](C)(C)C)[C@H]2C. The number of nitrogens with zero attached hydrogens (tertiary/aromatic N) is 1. The van der Waals surface area contributed by atoms with Crippen molar-refractivity contribution >= 4 is 20.3 Å². The minimum atomic E-state index is -2.12. The number of rotatable bonds is 12. The Morgan fingerprint density at radius 3 is 2.09 bits per heavy atom. The van der Waals surface area contributed by atoms with Gasteiger partial charge in [0.2, 0.25) is 0 Å². The van der Waals surface area contributed by atoms with Crippen molar-refractivity contribution in [2.45, 2.75) is 193 Å². The van der Waals surface area contributed by atoms with Gasteiger partial charge in [0.1, 0.15) is 23.6 Å². The lowest BCUT2D eigenvalue weighted by Gasteiger charge is -2.49. The van der Waals surface area contributed by atoms with Gasteiger partial charge in [0.25, 0.3) is 0 Å². The van der Waals surface area contributed by atoms with Gasteiger partial charge in [-0.25, -0.2) is 0 Å². The zero-order valence-electron chi connectivity index (χ0n) is 38.8. The summed E-state index contributed by atoms with van der Waals surface area (Å²) in [6.45, 7) is 26.1. The van der Waals surface area contributed by atoms with Crippen molar-refractivity contribution in [1.29, 1.82) is 0 Å². The number of esters is 2. The summed E-state index contributed by atoms with van der Waals surface area (Å²) < 4.78 is 71.9.